The minimum atomic E-state index is -0.581. The number of carbonyl (C=O) groups excluding carboxylic acids is 3. The van der Waals surface area contributed by atoms with Crippen molar-refractivity contribution in [2.45, 2.75) is 34.6 Å². The highest BCUT2D eigenvalue weighted by atomic mass is 35.5. The van der Waals surface area contributed by atoms with Crippen LogP contribution in [0.15, 0.2) is 29.8 Å². The number of nitrogens with one attached hydrogen (secondary N) is 1. The number of anilines is 1. The molecule has 3 heterocycles. The van der Waals surface area contributed by atoms with Gasteiger partial charge >= 0.3 is 5.97 Å². The number of amides is 2. The van der Waals surface area contributed by atoms with Gasteiger partial charge in [0.15, 0.2) is 5.11 Å². The third-order valence-corrected chi connectivity index (χ3v) is 8.13. The van der Waals surface area contributed by atoms with Gasteiger partial charge in [-0.15, -0.1) is 11.3 Å². The van der Waals surface area contributed by atoms with Gasteiger partial charge in [0, 0.05) is 21.3 Å². The number of rotatable bonds is 4. The Balaban J connectivity index is 1.81. The summed E-state index contributed by atoms with van der Waals surface area (Å²) in [7, 11) is 1.36. The number of benzene rings is 1. The standard InChI is InChI=1S/C26H24ClN3O4S2/c1-12-7-8-18(11-20(12)27)30-23(32)19(22(31)28-26(30)35)10-17-9-13(2)29(15(17)4)24-21(25(33)34-6)14(3)16(5)36-24/h7-11H,1-6H3,(H,28,31,35)/b19-10+. The minimum absolute atomic E-state index is 0.0141. The Morgan fingerprint density at radius 3 is 2.47 bits per heavy atom. The number of thiophene rings is 1. The van der Waals surface area contributed by atoms with Gasteiger partial charge < -0.3 is 9.30 Å². The molecule has 0 bridgehead atoms. The lowest BCUT2D eigenvalue weighted by Crippen LogP contribution is -2.54. The molecule has 2 aromatic heterocycles. The van der Waals surface area contributed by atoms with Crippen molar-refractivity contribution in [1.82, 2.24) is 9.88 Å². The maximum atomic E-state index is 13.5. The molecule has 36 heavy (non-hydrogen) atoms. The normalized spacial score (nSPS) is 15.0. The van der Waals surface area contributed by atoms with Crippen molar-refractivity contribution in [3.63, 3.8) is 0 Å². The monoisotopic (exact) mass is 541 g/mol. The van der Waals surface area contributed by atoms with E-state index in [2.05, 4.69) is 5.32 Å². The van der Waals surface area contributed by atoms with Crippen molar-refractivity contribution in [3.05, 3.63) is 73.4 Å². The summed E-state index contributed by atoms with van der Waals surface area (Å²) < 4.78 is 6.97. The number of hydrogen-bond donors (Lipinski definition) is 1. The van der Waals surface area contributed by atoms with E-state index in [-0.39, 0.29) is 10.7 Å². The number of aromatic nitrogens is 1. The summed E-state index contributed by atoms with van der Waals surface area (Å²) >= 11 is 13.0. The number of halogens is 1. The quantitative estimate of drug-likeness (QED) is 0.208. The Hall–Kier alpha value is -3.27. The van der Waals surface area contributed by atoms with E-state index < -0.39 is 17.8 Å². The maximum Gasteiger partial charge on any atom is 0.341 e. The molecule has 1 fully saturated rings. The van der Waals surface area contributed by atoms with Crippen LogP contribution in [0.4, 0.5) is 5.69 Å². The van der Waals surface area contributed by atoms with E-state index in [1.807, 2.05) is 45.3 Å². The number of aryl methyl sites for hydroxylation is 3. The Bertz CT molecular complexity index is 1500. The average Bonchev–Trinajstić information content (AvgIpc) is 3.26. The first-order valence-electron chi connectivity index (χ1n) is 11.0. The van der Waals surface area contributed by atoms with E-state index in [1.165, 1.54) is 23.3 Å². The van der Waals surface area contributed by atoms with Crippen molar-refractivity contribution >= 4 is 69.8 Å². The molecule has 0 radical (unpaired) electrons. The second-order valence-electron chi connectivity index (χ2n) is 8.51. The van der Waals surface area contributed by atoms with Crippen LogP contribution in [0.2, 0.25) is 5.02 Å². The molecule has 3 aromatic rings. The van der Waals surface area contributed by atoms with Gasteiger partial charge in [-0.05, 0) is 87.8 Å². The van der Waals surface area contributed by atoms with Crippen molar-refractivity contribution in [2.75, 3.05) is 12.0 Å². The minimum Gasteiger partial charge on any atom is -0.465 e. The SMILES string of the molecule is COC(=O)c1c(-n2c(C)cc(/C=C3\C(=O)NC(=S)N(c4ccc(C)c(Cl)c4)C3=O)c2C)sc(C)c1C. The summed E-state index contributed by atoms with van der Waals surface area (Å²) in [5.74, 6) is -1.55. The van der Waals surface area contributed by atoms with E-state index in [9.17, 15) is 14.4 Å². The van der Waals surface area contributed by atoms with E-state index in [1.54, 1.807) is 24.3 Å². The zero-order valence-corrected chi connectivity index (χ0v) is 23.0. The van der Waals surface area contributed by atoms with Gasteiger partial charge in [-0.2, -0.15) is 0 Å². The molecule has 2 amide bonds. The number of hydrogen-bond acceptors (Lipinski definition) is 6. The van der Waals surface area contributed by atoms with E-state index in [0.717, 1.165) is 32.4 Å². The molecule has 1 aliphatic rings. The molecule has 0 saturated carbocycles. The van der Waals surface area contributed by atoms with Crippen LogP contribution in [0.25, 0.3) is 11.1 Å². The summed E-state index contributed by atoms with van der Waals surface area (Å²) in [6.45, 7) is 9.47. The summed E-state index contributed by atoms with van der Waals surface area (Å²) in [6, 6.07) is 7.01. The molecular weight excluding hydrogens is 518 g/mol. The van der Waals surface area contributed by atoms with Gasteiger partial charge in [0.25, 0.3) is 11.8 Å². The summed E-state index contributed by atoms with van der Waals surface area (Å²) in [6.07, 6.45) is 1.55. The third-order valence-electron chi connectivity index (χ3n) is 6.24. The zero-order chi connectivity index (χ0) is 26.5. The van der Waals surface area contributed by atoms with Crippen molar-refractivity contribution in [1.29, 1.82) is 0 Å². The van der Waals surface area contributed by atoms with Crippen LogP contribution in [0.1, 0.15) is 43.3 Å². The fraction of sp³-hybridized carbons (Fsp3) is 0.231. The van der Waals surface area contributed by atoms with Crippen LogP contribution in [0.3, 0.4) is 0 Å². The van der Waals surface area contributed by atoms with Gasteiger partial charge in [-0.3, -0.25) is 19.8 Å². The molecule has 10 heteroatoms. The number of carbonyl (C=O) groups is 3. The predicted molar refractivity (Wildman–Crippen MR) is 146 cm³/mol. The molecule has 0 spiro atoms. The first-order valence-corrected chi connectivity index (χ1v) is 12.6. The molecule has 1 aliphatic heterocycles. The highest BCUT2D eigenvalue weighted by Gasteiger charge is 2.35. The number of ether oxygens (including phenoxy) is 1. The third kappa shape index (κ3) is 4.27. The van der Waals surface area contributed by atoms with Crippen molar-refractivity contribution < 1.29 is 19.1 Å². The van der Waals surface area contributed by atoms with E-state index in [0.29, 0.717) is 21.8 Å². The second kappa shape index (κ2) is 9.65. The summed E-state index contributed by atoms with van der Waals surface area (Å²) in [5.41, 5.74) is 4.89. The Labute approximate surface area is 223 Å². The van der Waals surface area contributed by atoms with Gasteiger partial charge in [-0.1, -0.05) is 17.7 Å². The lowest BCUT2D eigenvalue weighted by molar-refractivity contribution is -0.122. The lowest BCUT2D eigenvalue weighted by Gasteiger charge is -2.29. The average molecular weight is 542 g/mol. The van der Waals surface area contributed by atoms with Crippen LogP contribution in [0, 0.1) is 34.6 Å². The highest BCUT2D eigenvalue weighted by molar-refractivity contribution is 7.80. The first kappa shape index (κ1) is 25.8. The predicted octanol–water partition coefficient (Wildman–Crippen LogP) is 5.35. The van der Waals surface area contributed by atoms with Gasteiger partial charge in [-0.25, -0.2) is 4.79 Å². The fourth-order valence-corrected chi connectivity index (χ4v) is 5.84. The lowest BCUT2D eigenvalue weighted by atomic mass is 10.1. The number of nitrogens with zero attached hydrogens (tertiary/aromatic N) is 2. The summed E-state index contributed by atoms with van der Waals surface area (Å²) in [5, 5.41) is 3.80. The molecule has 4 rings (SSSR count). The van der Waals surface area contributed by atoms with Crippen LogP contribution in [0.5, 0.6) is 0 Å². The van der Waals surface area contributed by atoms with E-state index >= 15 is 0 Å². The number of esters is 1. The first-order chi connectivity index (χ1) is 17.0. The van der Waals surface area contributed by atoms with Crippen LogP contribution < -0.4 is 10.2 Å². The van der Waals surface area contributed by atoms with Crippen LogP contribution >= 0.6 is 35.2 Å². The van der Waals surface area contributed by atoms with Gasteiger partial charge in [0.1, 0.15) is 10.6 Å². The highest BCUT2D eigenvalue weighted by Crippen LogP contribution is 2.35. The largest absolute Gasteiger partial charge is 0.465 e. The topological polar surface area (TPSA) is 80.6 Å². The molecule has 1 N–H and O–H groups in total. The molecule has 0 unspecified atom stereocenters. The van der Waals surface area contributed by atoms with E-state index in [4.69, 9.17) is 28.6 Å². The second-order valence-corrected chi connectivity index (χ2v) is 10.5. The van der Waals surface area contributed by atoms with Crippen LogP contribution in [-0.2, 0) is 14.3 Å². The van der Waals surface area contributed by atoms with Gasteiger partial charge in [0.05, 0.1) is 18.4 Å². The number of thiocarbonyl (C=S) groups is 1. The Kier molecular flexibility index (Phi) is 6.92. The molecule has 186 valence electrons. The smallest absolute Gasteiger partial charge is 0.341 e. The Morgan fingerprint density at radius 2 is 1.83 bits per heavy atom. The Morgan fingerprint density at radius 1 is 1.14 bits per heavy atom. The fourth-order valence-electron chi connectivity index (χ4n) is 4.12. The molecule has 1 aromatic carbocycles. The van der Waals surface area contributed by atoms with Gasteiger partial charge in [0.2, 0.25) is 0 Å². The molecule has 0 aliphatic carbocycles. The maximum absolute atomic E-state index is 13.5. The van der Waals surface area contributed by atoms with Crippen molar-refractivity contribution in [3.8, 4) is 5.00 Å². The molecule has 7 nitrogen and oxygen atoms in total. The molecule has 0 atom stereocenters. The molecular formula is C26H24ClN3O4S2. The zero-order valence-electron chi connectivity index (χ0n) is 20.6. The van der Waals surface area contributed by atoms with Crippen LogP contribution in [-0.4, -0.2) is 34.6 Å². The number of methoxy groups -OCH3 is 1. The molecule has 1 saturated heterocycles. The van der Waals surface area contributed by atoms with Crippen molar-refractivity contribution in [2.24, 2.45) is 0 Å². The summed E-state index contributed by atoms with van der Waals surface area (Å²) in [4.78, 5) is 41.1.